The second-order valence-electron chi connectivity index (χ2n) is 3.35. The molecule has 88 valence electrons. The average Bonchev–Trinajstić information content (AvgIpc) is 2.84. The molecule has 0 aliphatic rings. The lowest BCUT2D eigenvalue weighted by molar-refractivity contribution is -0.126. The van der Waals surface area contributed by atoms with Crippen LogP contribution in [0.2, 0.25) is 0 Å². The highest BCUT2D eigenvalue weighted by Crippen LogP contribution is 2.19. The van der Waals surface area contributed by atoms with Gasteiger partial charge in [0.15, 0.2) is 11.2 Å². The highest BCUT2D eigenvalue weighted by molar-refractivity contribution is 7.13. The van der Waals surface area contributed by atoms with Crippen molar-refractivity contribution < 1.29 is 9.53 Å². The summed E-state index contributed by atoms with van der Waals surface area (Å²) in [4.78, 5) is 16.0. The maximum Gasteiger partial charge on any atom is 0.259 e. The van der Waals surface area contributed by atoms with Crippen molar-refractivity contribution in [1.29, 1.82) is 0 Å². The van der Waals surface area contributed by atoms with Crippen molar-refractivity contribution in [3.8, 4) is 0 Å². The van der Waals surface area contributed by atoms with Gasteiger partial charge in [-0.1, -0.05) is 30.3 Å². The van der Waals surface area contributed by atoms with Gasteiger partial charge in [0, 0.05) is 18.7 Å². The number of rotatable bonds is 4. The van der Waals surface area contributed by atoms with E-state index in [9.17, 15) is 4.79 Å². The predicted octanol–water partition coefficient (Wildman–Crippen LogP) is 2.47. The number of anilines is 1. The molecule has 0 fully saturated rings. The van der Waals surface area contributed by atoms with Crippen LogP contribution in [-0.2, 0) is 9.53 Å². The van der Waals surface area contributed by atoms with Gasteiger partial charge >= 0.3 is 0 Å². The van der Waals surface area contributed by atoms with Gasteiger partial charge in [0.25, 0.3) is 5.91 Å². The third-order valence-electron chi connectivity index (χ3n) is 2.24. The molecule has 1 amide bonds. The molecule has 4 nitrogen and oxygen atoms in total. The molecular formula is C12H12N2O2S. The lowest BCUT2D eigenvalue weighted by Gasteiger charge is -2.14. The number of amides is 1. The van der Waals surface area contributed by atoms with Crippen molar-refractivity contribution in [2.75, 3.05) is 12.4 Å². The lowest BCUT2D eigenvalue weighted by atomic mass is 10.1. The molecule has 0 saturated carbocycles. The minimum Gasteiger partial charge on any atom is -0.367 e. The van der Waals surface area contributed by atoms with E-state index in [1.54, 1.807) is 11.6 Å². The predicted molar refractivity (Wildman–Crippen MR) is 66.9 cm³/mol. The smallest absolute Gasteiger partial charge is 0.259 e. The van der Waals surface area contributed by atoms with Crippen LogP contribution in [0.1, 0.15) is 11.7 Å². The summed E-state index contributed by atoms with van der Waals surface area (Å²) in [5.41, 5.74) is 0.823. The summed E-state index contributed by atoms with van der Waals surface area (Å²) in [6.07, 6.45) is 1.03. The molecule has 5 heteroatoms. The zero-order valence-electron chi connectivity index (χ0n) is 9.29. The van der Waals surface area contributed by atoms with Gasteiger partial charge in [-0.05, 0) is 5.56 Å². The third kappa shape index (κ3) is 2.89. The fourth-order valence-corrected chi connectivity index (χ4v) is 2.01. The Labute approximate surface area is 103 Å². The second-order valence-corrected chi connectivity index (χ2v) is 4.25. The SMILES string of the molecule is CO[C@@H](C(=O)Nc1nccs1)c1ccccc1. The van der Waals surface area contributed by atoms with Crippen LogP contribution in [-0.4, -0.2) is 18.0 Å². The zero-order chi connectivity index (χ0) is 12.1. The Hall–Kier alpha value is -1.72. The number of benzene rings is 1. The fourth-order valence-electron chi connectivity index (χ4n) is 1.48. The van der Waals surface area contributed by atoms with Gasteiger partial charge < -0.3 is 4.74 Å². The van der Waals surface area contributed by atoms with E-state index in [0.717, 1.165) is 5.56 Å². The van der Waals surface area contributed by atoms with E-state index in [4.69, 9.17) is 4.74 Å². The van der Waals surface area contributed by atoms with Crippen LogP contribution in [0.15, 0.2) is 41.9 Å². The molecule has 17 heavy (non-hydrogen) atoms. The highest BCUT2D eigenvalue weighted by atomic mass is 32.1. The van der Waals surface area contributed by atoms with E-state index >= 15 is 0 Å². The Kier molecular flexibility index (Phi) is 3.85. The molecule has 1 atom stereocenters. The van der Waals surface area contributed by atoms with E-state index in [0.29, 0.717) is 5.13 Å². The van der Waals surface area contributed by atoms with E-state index in [-0.39, 0.29) is 5.91 Å². The summed E-state index contributed by atoms with van der Waals surface area (Å²) in [5.74, 6) is -0.214. The van der Waals surface area contributed by atoms with Crippen LogP contribution in [0.25, 0.3) is 0 Å². The van der Waals surface area contributed by atoms with Gasteiger partial charge in [0.1, 0.15) is 0 Å². The summed E-state index contributed by atoms with van der Waals surface area (Å²) in [7, 11) is 1.51. The van der Waals surface area contributed by atoms with Crippen LogP contribution < -0.4 is 5.32 Å². The summed E-state index contributed by atoms with van der Waals surface area (Å²) in [5, 5.41) is 5.10. The number of ether oxygens (including phenoxy) is 1. The van der Waals surface area contributed by atoms with Gasteiger partial charge in [0.05, 0.1) is 0 Å². The zero-order valence-corrected chi connectivity index (χ0v) is 10.1. The van der Waals surface area contributed by atoms with Gasteiger partial charge in [-0.25, -0.2) is 4.98 Å². The van der Waals surface area contributed by atoms with E-state index < -0.39 is 6.10 Å². The molecule has 0 saturated heterocycles. The molecule has 0 unspecified atom stereocenters. The molecule has 0 spiro atoms. The molecule has 1 N–H and O–H groups in total. The van der Waals surface area contributed by atoms with Crippen LogP contribution in [0.4, 0.5) is 5.13 Å². The number of carbonyl (C=O) groups is 1. The van der Waals surface area contributed by atoms with Crippen LogP contribution in [0, 0.1) is 0 Å². The van der Waals surface area contributed by atoms with Crippen LogP contribution in [0.5, 0.6) is 0 Å². The van der Waals surface area contributed by atoms with E-state index in [1.807, 2.05) is 30.3 Å². The number of hydrogen-bond acceptors (Lipinski definition) is 4. The Morgan fingerprint density at radius 1 is 1.41 bits per heavy atom. The largest absolute Gasteiger partial charge is 0.367 e. The molecular weight excluding hydrogens is 236 g/mol. The van der Waals surface area contributed by atoms with Crippen LogP contribution >= 0.6 is 11.3 Å². The molecule has 2 rings (SSSR count). The Morgan fingerprint density at radius 3 is 2.76 bits per heavy atom. The first-order valence-electron chi connectivity index (χ1n) is 5.09. The van der Waals surface area contributed by atoms with E-state index in [2.05, 4.69) is 10.3 Å². The first kappa shape index (κ1) is 11.8. The summed E-state index contributed by atoms with van der Waals surface area (Å²) < 4.78 is 5.21. The normalized spacial score (nSPS) is 12.1. The standard InChI is InChI=1S/C12H12N2O2S/c1-16-10(9-5-3-2-4-6-9)11(15)14-12-13-7-8-17-12/h2-8,10H,1H3,(H,13,14,15)/t10-/m1/s1. The summed E-state index contributed by atoms with van der Waals surface area (Å²) >= 11 is 1.38. The molecule has 0 radical (unpaired) electrons. The van der Waals surface area contributed by atoms with Crippen molar-refractivity contribution in [1.82, 2.24) is 4.98 Å². The van der Waals surface area contributed by atoms with Gasteiger partial charge in [0.2, 0.25) is 0 Å². The third-order valence-corrected chi connectivity index (χ3v) is 2.93. The maximum absolute atomic E-state index is 12.0. The van der Waals surface area contributed by atoms with E-state index in [1.165, 1.54) is 18.4 Å². The van der Waals surface area contributed by atoms with Crippen molar-refractivity contribution in [3.05, 3.63) is 47.5 Å². The number of nitrogens with one attached hydrogen (secondary N) is 1. The Bertz CT molecular complexity index is 471. The first-order chi connectivity index (χ1) is 8.31. The van der Waals surface area contributed by atoms with Crippen molar-refractivity contribution in [2.45, 2.75) is 6.10 Å². The minimum atomic E-state index is -0.611. The number of methoxy groups -OCH3 is 1. The summed E-state index contributed by atoms with van der Waals surface area (Å²) in [6, 6.07) is 9.36. The van der Waals surface area contributed by atoms with Crippen molar-refractivity contribution >= 4 is 22.4 Å². The topological polar surface area (TPSA) is 51.2 Å². The van der Waals surface area contributed by atoms with Crippen LogP contribution in [0.3, 0.4) is 0 Å². The maximum atomic E-state index is 12.0. The monoisotopic (exact) mass is 248 g/mol. The number of carbonyl (C=O) groups excluding carboxylic acids is 1. The lowest BCUT2D eigenvalue weighted by Crippen LogP contribution is -2.22. The van der Waals surface area contributed by atoms with Gasteiger partial charge in [-0.3, -0.25) is 10.1 Å². The fraction of sp³-hybridized carbons (Fsp3) is 0.167. The Morgan fingerprint density at radius 2 is 2.18 bits per heavy atom. The summed E-state index contributed by atoms with van der Waals surface area (Å²) in [6.45, 7) is 0. The molecule has 0 aliphatic heterocycles. The minimum absolute atomic E-state index is 0.214. The quantitative estimate of drug-likeness (QED) is 0.904. The molecule has 2 aromatic rings. The number of thiazole rings is 1. The highest BCUT2D eigenvalue weighted by Gasteiger charge is 2.20. The number of nitrogens with zero attached hydrogens (tertiary/aromatic N) is 1. The Balaban J connectivity index is 2.11. The molecule has 1 aromatic heterocycles. The first-order valence-corrected chi connectivity index (χ1v) is 5.97. The number of hydrogen-bond donors (Lipinski definition) is 1. The molecule has 1 aromatic carbocycles. The molecule has 0 aliphatic carbocycles. The number of aromatic nitrogens is 1. The average molecular weight is 248 g/mol. The van der Waals surface area contributed by atoms with Crippen molar-refractivity contribution in [2.24, 2.45) is 0 Å². The van der Waals surface area contributed by atoms with Gasteiger partial charge in [-0.2, -0.15) is 0 Å². The molecule has 0 bridgehead atoms. The molecule has 1 heterocycles. The van der Waals surface area contributed by atoms with Crippen molar-refractivity contribution in [3.63, 3.8) is 0 Å². The second kappa shape index (κ2) is 5.56. The van der Waals surface area contributed by atoms with Gasteiger partial charge in [-0.15, -0.1) is 11.3 Å².